The van der Waals surface area contributed by atoms with Gasteiger partial charge >= 0.3 is 0 Å². The van der Waals surface area contributed by atoms with Crippen LogP contribution in [0.4, 0.5) is 11.4 Å². The number of amides is 1. The number of benzene rings is 2. The number of para-hydroxylation sites is 2. The molecule has 0 atom stereocenters. The number of hydrogen-bond donors (Lipinski definition) is 2. The Hall–Kier alpha value is -1.71. The second-order valence-electron chi connectivity index (χ2n) is 3.41. The summed E-state index contributed by atoms with van der Waals surface area (Å²) in [4.78, 5) is 11.8. The van der Waals surface area contributed by atoms with Gasteiger partial charge in [0.25, 0.3) is 5.91 Å². The van der Waals surface area contributed by atoms with Gasteiger partial charge in [-0.05, 0) is 24.3 Å². The molecule has 0 unspecified atom stereocenters. The molecule has 0 aliphatic heterocycles. The first-order valence-electron chi connectivity index (χ1n) is 4.98. The van der Waals surface area contributed by atoms with Gasteiger partial charge in [0, 0.05) is 5.56 Å². The molecule has 0 saturated heterocycles. The fourth-order valence-corrected chi connectivity index (χ4v) is 1.39. The molecule has 0 aromatic heterocycles. The molecule has 0 spiro atoms. The molecule has 2 aromatic rings. The van der Waals surface area contributed by atoms with Crippen molar-refractivity contribution in [2.45, 2.75) is 0 Å². The number of nitrogens with two attached hydrogens (primary N) is 1. The van der Waals surface area contributed by atoms with Crippen LogP contribution in [0.1, 0.15) is 10.4 Å². The van der Waals surface area contributed by atoms with Crippen molar-refractivity contribution in [1.29, 1.82) is 0 Å². The van der Waals surface area contributed by atoms with Crippen molar-refractivity contribution >= 4 is 42.1 Å². The lowest BCUT2D eigenvalue weighted by atomic mass is 10.2. The van der Waals surface area contributed by atoms with Crippen molar-refractivity contribution in [2.24, 2.45) is 0 Å². The fourth-order valence-electron chi connectivity index (χ4n) is 1.39. The van der Waals surface area contributed by atoms with Gasteiger partial charge in [0.1, 0.15) is 0 Å². The Bertz CT molecular complexity index is 503. The molecule has 0 fully saturated rings. The smallest absolute Gasteiger partial charge is 0.255 e. The Kier molecular flexibility index (Phi) is 6.86. The number of carbonyl (C=O) groups is 1. The zero-order valence-electron chi connectivity index (χ0n) is 9.50. The molecule has 2 rings (SSSR count). The first-order valence-corrected chi connectivity index (χ1v) is 4.98. The van der Waals surface area contributed by atoms with Crippen molar-refractivity contribution in [3.63, 3.8) is 0 Å². The van der Waals surface area contributed by atoms with E-state index >= 15 is 0 Å². The van der Waals surface area contributed by atoms with Gasteiger partial charge in [-0.2, -0.15) is 0 Å². The molecule has 0 saturated carbocycles. The summed E-state index contributed by atoms with van der Waals surface area (Å²) >= 11 is 0. The van der Waals surface area contributed by atoms with Gasteiger partial charge in [-0.15, -0.1) is 24.8 Å². The van der Waals surface area contributed by atoms with Crippen molar-refractivity contribution in [2.75, 3.05) is 11.1 Å². The zero-order chi connectivity index (χ0) is 11.4. The molecule has 96 valence electrons. The highest BCUT2D eigenvalue weighted by molar-refractivity contribution is 6.05. The van der Waals surface area contributed by atoms with Crippen LogP contribution in [0.15, 0.2) is 54.6 Å². The van der Waals surface area contributed by atoms with Crippen LogP contribution in [0.5, 0.6) is 0 Å². The second kappa shape index (κ2) is 7.58. The van der Waals surface area contributed by atoms with E-state index in [0.29, 0.717) is 16.9 Å². The van der Waals surface area contributed by atoms with Crippen molar-refractivity contribution < 1.29 is 4.79 Å². The molecule has 0 heterocycles. The van der Waals surface area contributed by atoms with Crippen molar-refractivity contribution in [3.8, 4) is 0 Å². The van der Waals surface area contributed by atoms with E-state index in [1.165, 1.54) is 0 Å². The van der Waals surface area contributed by atoms with E-state index in [0.717, 1.165) is 0 Å². The number of anilines is 2. The Balaban J connectivity index is 0.00000144. The van der Waals surface area contributed by atoms with E-state index in [2.05, 4.69) is 5.32 Å². The summed E-state index contributed by atoms with van der Waals surface area (Å²) in [7, 11) is 0. The summed E-state index contributed by atoms with van der Waals surface area (Å²) in [6.45, 7) is 0. The molecule has 0 bridgehead atoms. The average Bonchev–Trinajstić information content (AvgIpc) is 2.33. The van der Waals surface area contributed by atoms with Crippen LogP contribution in [-0.2, 0) is 0 Å². The summed E-state index contributed by atoms with van der Waals surface area (Å²) in [5, 5.41) is 2.76. The summed E-state index contributed by atoms with van der Waals surface area (Å²) in [5.74, 6) is -0.154. The summed E-state index contributed by atoms with van der Waals surface area (Å²) in [6.07, 6.45) is 0. The maximum Gasteiger partial charge on any atom is 0.255 e. The first-order chi connectivity index (χ1) is 7.77. The summed E-state index contributed by atoms with van der Waals surface area (Å²) < 4.78 is 0. The van der Waals surface area contributed by atoms with Crippen LogP contribution in [-0.4, -0.2) is 5.91 Å². The number of halogens is 2. The standard InChI is InChI=1S/C13H12N2O.2ClH/c14-11-8-4-5-9-12(11)15-13(16)10-6-2-1-3-7-10;;/h1-9H,14H2,(H,15,16);2*1H. The third kappa shape index (κ3) is 3.95. The van der Waals surface area contributed by atoms with Crippen LogP contribution in [0, 0.1) is 0 Å². The molecule has 5 heteroatoms. The lowest BCUT2D eigenvalue weighted by molar-refractivity contribution is 0.102. The number of nitrogens with one attached hydrogen (secondary N) is 1. The van der Waals surface area contributed by atoms with E-state index in [1.807, 2.05) is 30.3 Å². The molecular formula is C13H14Cl2N2O. The minimum absolute atomic E-state index is 0. The maximum atomic E-state index is 11.8. The van der Waals surface area contributed by atoms with Crippen LogP contribution in [0.3, 0.4) is 0 Å². The van der Waals surface area contributed by atoms with Crippen LogP contribution < -0.4 is 11.1 Å². The number of hydrogen-bond acceptors (Lipinski definition) is 2. The van der Waals surface area contributed by atoms with Gasteiger partial charge in [0.05, 0.1) is 11.4 Å². The van der Waals surface area contributed by atoms with Crippen LogP contribution in [0.25, 0.3) is 0 Å². The van der Waals surface area contributed by atoms with E-state index in [1.54, 1.807) is 24.3 Å². The molecule has 3 nitrogen and oxygen atoms in total. The average molecular weight is 285 g/mol. The summed E-state index contributed by atoms with van der Waals surface area (Å²) in [6, 6.07) is 16.2. The first kappa shape index (κ1) is 16.3. The monoisotopic (exact) mass is 284 g/mol. The van der Waals surface area contributed by atoms with E-state index in [-0.39, 0.29) is 30.7 Å². The largest absolute Gasteiger partial charge is 0.397 e. The van der Waals surface area contributed by atoms with Crippen LogP contribution in [0.2, 0.25) is 0 Å². The van der Waals surface area contributed by atoms with E-state index in [4.69, 9.17) is 5.73 Å². The van der Waals surface area contributed by atoms with Gasteiger partial charge in [-0.25, -0.2) is 0 Å². The lowest BCUT2D eigenvalue weighted by Gasteiger charge is -2.07. The highest BCUT2D eigenvalue weighted by Crippen LogP contribution is 2.17. The normalized spacial score (nSPS) is 8.67. The predicted molar refractivity (Wildman–Crippen MR) is 79.7 cm³/mol. The van der Waals surface area contributed by atoms with Crippen molar-refractivity contribution in [3.05, 3.63) is 60.2 Å². The van der Waals surface area contributed by atoms with Gasteiger partial charge in [-0.1, -0.05) is 30.3 Å². The van der Waals surface area contributed by atoms with E-state index < -0.39 is 0 Å². The number of rotatable bonds is 2. The second-order valence-corrected chi connectivity index (χ2v) is 3.41. The Morgan fingerprint density at radius 2 is 1.44 bits per heavy atom. The molecule has 3 N–H and O–H groups in total. The van der Waals surface area contributed by atoms with E-state index in [9.17, 15) is 4.79 Å². The maximum absolute atomic E-state index is 11.8. The molecule has 0 radical (unpaired) electrons. The van der Waals surface area contributed by atoms with Gasteiger partial charge in [0.2, 0.25) is 0 Å². The molecule has 18 heavy (non-hydrogen) atoms. The Morgan fingerprint density at radius 1 is 0.889 bits per heavy atom. The minimum Gasteiger partial charge on any atom is -0.397 e. The number of carbonyl (C=O) groups excluding carboxylic acids is 1. The van der Waals surface area contributed by atoms with Gasteiger partial charge in [0.15, 0.2) is 0 Å². The fraction of sp³-hybridized carbons (Fsp3) is 0. The quantitative estimate of drug-likeness (QED) is 0.831. The van der Waals surface area contributed by atoms with Crippen LogP contribution >= 0.6 is 24.8 Å². The van der Waals surface area contributed by atoms with Crippen molar-refractivity contribution in [1.82, 2.24) is 0 Å². The Morgan fingerprint density at radius 3 is 2.06 bits per heavy atom. The zero-order valence-corrected chi connectivity index (χ0v) is 11.1. The topological polar surface area (TPSA) is 55.1 Å². The number of nitrogen functional groups attached to an aromatic ring is 1. The third-order valence-electron chi connectivity index (χ3n) is 2.24. The molecule has 0 aliphatic rings. The van der Waals surface area contributed by atoms with Gasteiger partial charge in [-0.3, -0.25) is 4.79 Å². The highest BCUT2D eigenvalue weighted by atomic mass is 35.5. The molecule has 1 amide bonds. The molecule has 0 aliphatic carbocycles. The highest BCUT2D eigenvalue weighted by Gasteiger charge is 2.06. The lowest BCUT2D eigenvalue weighted by Crippen LogP contribution is -2.12. The molecule has 2 aromatic carbocycles. The Labute approximate surface area is 118 Å². The predicted octanol–water partition coefficient (Wildman–Crippen LogP) is 3.36. The van der Waals surface area contributed by atoms with Gasteiger partial charge < -0.3 is 11.1 Å². The summed E-state index contributed by atoms with van der Waals surface area (Å²) in [5.41, 5.74) is 7.55. The minimum atomic E-state index is -0.154. The third-order valence-corrected chi connectivity index (χ3v) is 2.24. The SMILES string of the molecule is Cl.Cl.Nc1ccccc1NC(=O)c1ccccc1. The molecular weight excluding hydrogens is 271 g/mol.